The highest BCUT2D eigenvalue weighted by Crippen LogP contribution is 2.29. The number of hydrogen-bond donors (Lipinski definition) is 0. The first-order valence-corrected chi connectivity index (χ1v) is 7.14. The van der Waals surface area contributed by atoms with Crippen molar-refractivity contribution < 1.29 is 4.42 Å². The molecule has 2 heteroatoms. The molecule has 0 fully saturated rings. The number of hydrogen-bond acceptors (Lipinski definition) is 1. The van der Waals surface area contributed by atoms with Crippen LogP contribution in [0.3, 0.4) is 0 Å². The van der Waals surface area contributed by atoms with Crippen LogP contribution in [-0.2, 0) is 0 Å². The molecule has 1 heterocycles. The Morgan fingerprint density at radius 3 is 2.72 bits per heavy atom. The third kappa shape index (κ3) is 2.08. The molecule has 0 unspecified atom stereocenters. The van der Waals surface area contributed by atoms with Gasteiger partial charge in [-0.2, -0.15) is 0 Å². The molecule has 2 aromatic carbocycles. The van der Waals surface area contributed by atoms with Gasteiger partial charge in [-0.05, 0) is 30.2 Å². The lowest BCUT2D eigenvalue weighted by Crippen LogP contribution is -1.73. The smallest absolute Gasteiger partial charge is 0.135 e. The normalized spacial score (nSPS) is 11.8. The van der Waals surface area contributed by atoms with Gasteiger partial charge in [0.15, 0.2) is 0 Å². The first-order chi connectivity index (χ1) is 8.88. The maximum Gasteiger partial charge on any atom is 0.135 e. The molecule has 0 aliphatic rings. The van der Waals surface area contributed by atoms with Gasteiger partial charge in [-0.3, -0.25) is 0 Å². The summed E-state index contributed by atoms with van der Waals surface area (Å²) in [6, 6.07) is 14.5. The van der Waals surface area contributed by atoms with Gasteiger partial charge in [-0.1, -0.05) is 52.3 Å². The number of furan rings is 1. The largest absolute Gasteiger partial charge is 0.456 e. The highest BCUT2D eigenvalue weighted by molar-refractivity contribution is 9.09. The van der Waals surface area contributed by atoms with Crippen molar-refractivity contribution in [2.75, 3.05) is 5.33 Å². The molecule has 3 rings (SSSR count). The molecule has 0 bridgehead atoms. The molecule has 0 aliphatic carbocycles. The molecule has 0 spiro atoms. The van der Waals surface area contributed by atoms with Crippen LogP contribution in [0.25, 0.3) is 28.0 Å². The molecule has 3 aromatic rings. The summed E-state index contributed by atoms with van der Waals surface area (Å²) in [6.45, 7) is 0. The second kappa shape index (κ2) is 4.99. The fraction of sp³-hybridized carbons (Fsp3) is 0.125. The van der Waals surface area contributed by atoms with E-state index in [0.29, 0.717) is 0 Å². The lowest BCUT2D eigenvalue weighted by Gasteiger charge is -1.94. The highest BCUT2D eigenvalue weighted by atomic mass is 79.9. The van der Waals surface area contributed by atoms with Crippen LogP contribution in [0.1, 0.15) is 12.0 Å². The molecule has 0 amide bonds. The zero-order valence-corrected chi connectivity index (χ0v) is 11.5. The summed E-state index contributed by atoms with van der Waals surface area (Å²) < 4.78 is 5.80. The third-order valence-electron chi connectivity index (χ3n) is 2.99. The monoisotopic (exact) mass is 300 g/mol. The van der Waals surface area contributed by atoms with Gasteiger partial charge in [0.05, 0.1) is 0 Å². The lowest BCUT2D eigenvalue weighted by molar-refractivity contribution is 0.669. The Balaban J connectivity index is 2.12. The number of halogens is 1. The van der Waals surface area contributed by atoms with Gasteiger partial charge in [0.1, 0.15) is 11.2 Å². The second-order valence-corrected chi connectivity index (χ2v) is 5.03. The number of fused-ring (bicyclic) bond motifs is 3. The topological polar surface area (TPSA) is 13.1 Å². The van der Waals surface area contributed by atoms with Crippen LogP contribution in [0.5, 0.6) is 0 Å². The van der Waals surface area contributed by atoms with E-state index in [9.17, 15) is 0 Å². The first kappa shape index (κ1) is 11.5. The minimum atomic E-state index is 0.953. The van der Waals surface area contributed by atoms with Crippen LogP contribution in [0, 0.1) is 0 Å². The fourth-order valence-corrected chi connectivity index (χ4v) is 2.39. The molecular formula is C16H13BrO. The second-order valence-electron chi connectivity index (χ2n) is 4.23. The van der Waals surface area contributed by atoms with Crippen LogP contribution >= 0.6 is 15.9 Å². The predicted octanol–water partition coefficient (Wildman–Crippen LogP) is 5.38. The summed E-state index contributed by atoms with van der Waals surface area (Å²) in [5.41, 5.74) is 3.12. The molecule has 1 nitrogen and oxygen atoms in total. The molecule has 0 aliphatic heterocycles. The number of alkyl halides is 1. The van der Waals surface area contributed by atoms with Gasteiger partial charge in [-0.25, -0.2) is 0 Å². The predicted molar refractivity (Wildman–Crippen MR) is 81.2 cm³/mol. The summed E-state index contributed by atoms with van der Waals surface area (Å²) >= 11 is 3.42. The number of para-hydroxylation sites is 1. The zero-order valence-electron chi connectivity index (χ0n) is 9.90. The standard InChI is InChI=1S/C16H13BrO/c17-10-4-3-5-12-8-9-16-14(11-12)13-6-1-2-7-15(13)18-16/h1-3,5-9,11H,4,10H2. The molecule has 0 N–H and O–H groups in total. The van der Waals surface area contributed by atoms with Crippen molar-refractivity contribution >= 4 is 43.9 Å². The fourth-order valence-electron chi connectivity index (χ4n) is 2.13. The SMILES string of the molecule is BrCCC=Cc1ccc2oc3ccccc3c2c1. The summed E-state index contributed by atoms with van der Waals surface area (Å²) in [6.07, 6.45) is 5.38. The Morgan fingerprint density at radius 2 is 1.83 bits per heavy atom. The maximum absolute atomic E-state index is 5.80. The quantitative estimate of drug-likeness (QED) is 0.592. The third-order valence-corrected chi connectivity index (χ3v) is 3.44. The van der Waals surface area contributed by atoms with Crippen molar-refractivity contribution in [3.05, 3.63) is 54.1 Å². The number of benzene rings is 2. The van der Waals surface area contributed by atoms with E-state index >= 15 is 0 Å². The molecule has 0 saturated heterocycles. The first-order valence-electron chi connectivity index (χ1n) is 6.02. The van der Waals surface area contributed by atoms with Crippen LogP contribution in [-0.4, -0.2) is 5.33 Å². The Hall–Kier alpha value is -1.54. The molecule has 90 valence electrons. The van der Waals surface area contributed by atoms with Crippen molar-refractivity contribution in [1.29, 1.82) is 0 Å². The Labute approximate surface area is 114 Å². The van der Waals surface area contributed by atoms with Crippen LogP contribution in [0.4, 0.5) is 0 Å². The van der Waals surface area contributed by atoms with Gasteiger partial charge in [0.2, 0.25) is 0 Å². The van der Waals surface area contributed by atoms with E-state index in [1.54, 1.807) is 0 Å². The minimum Gasteiger partial charge on any atom is -0.456 e. The maximum atomic E-state index is 5.80. The average molecular weight is 301 g/mol. The number of allylic oxidation sites excluding steroid dienone is 1. The Morgan fingerprint density at radius 1 is 1.00 bits per heavy atom. The van der Waals surface area contributed by atoms with Crippen molar-refractivity contribution in [1.82, 2.24) is 0 Å². The molecule has 18 heavy (non-hydrogen) atoms. The van der Waals surface area contributed by atoms with E-state index in [1.807, 2.05) is 24.3 Å². The molecular weight excluding hydrogens is 288 g/mol. The van der Waals surface area contributed by atoms with E-state index in [1.165, 1.54) is 16.3 Å². The van der Waals surface area contributed by atoms with Crippen LogP contribution < -0.4 is 0 Å². The van der Waals surface area contributed by atoms with E-state index in [-0.39, 0.29) is 0 Å². The molecule has 0 saturated carbocycles. The molecule has 0 radical (unpaired) electrons. The van der Waals surface area contributed by atoms with Gasteiger partial charge in [-0.15, -0.1) is 0 Å². The van der Waals surface area contributed by atoms with Gasteiger partial charge in [0.25, 0.3) is 0 Å². The average Bonchev–Trinajstić information content (AvgIpc) is 2.77. The highest BCUT2D eigenvalue weighted by Gasteiger charge is 2.05. The minimum absolute atomic E-state index is 0.953. The van der Waals surface area contributed by atoms with Crippen LogP contribution in [0.15, 0.2) is 53.0 Å². The van der Waals surface area contributed by atoms with E-state index in [4.69, 9.17) is 4.42 Å². The van der Waals surface area contributed by atoms with E-state index in [2.05, 4.69) is 46.3 Å². The zero-order chi connectivity index (χ0) is 12.4. The molecule has 1 aromatic heterocycles. The van der Waals surface area contributed by atoms with Gasteiger partial charge < -0.3 is 4.42 Å². The van der Waals surface area contributed by atoms with Crippen molar-refractivity contribution in [3.63, 3.8) is 0 Å². The molecule has 0 atom stereocenters. The van der Waals surface area contributed by atoms with Crippen molar-refractivity contribution in [2.45, 2.75) is 6.42 Å². The van der Waals surface area contributed by atoms with Crippen molar-refractivity contribution in [2.24, 2.45) is 0 Å². The van der Waals surface area contributed by atoms with Crippen molar-refractivity contribution in [3.8, 4) is 0 Å². The van der Waals surface area contributed by atoms with Gasteiger partial charge >= 0.3 is 0 Å². The summed E-state index contributed by atoms with van der Waals surface area (Å²) in [4.78, 5) is 0. The number of rotatable bonds is 3. The van der Waals surface area contributed by atoms with E-state index in [0.717, 1.165) is 22.9 Å². The Bertz CT molecular complexity index is 709. The summed E-state index contributed by atoms with van der Waals surface area (Å²) in [7, 11) is 0. The van der Waals surface area contributed by atoms with E-state index < -0.39 is 0 Å². The van der Waals surface area contributed by atoms with Crippen LogP contribution in [0.2, 0.25) is 0 Å². The van der Waals surface area contributed by atoms with Gasteiger partial charge in [0, 0.05) is 16.1 Å². The Kier molecular flexibility index (Phi) is 3.20. The summed E-state index contributed by atoms with van der Waals surface area (Å²) in [5.74, 6) is 0. The lowest BCUT2D eigenvalue weighted by atomic mass is 10.1. The summed E-state index contributed by atoms with van der Waals surface area (Å²) in [5, 5.41) is 3.37.